The van der Waals surface area contributed by atoms with Crippen LogP contribution in [0.15, 0.2) is 48.8 Å². The van der Waals surface area contributed by atoms with Crippen molar-refractivity contribution in [2.24, 2.45) is 0 Å². The van der Waals surface area contributed by atoms with Gasteiger partial charge in [-0.15, -0.1) is 0 Å². The Morgan fingerprint density at radius 2 is 1.65 bits per heavy atom. The lowest BCUT2D eigenvalue weighted by atomic mass is 10.0. The van der Waals surface area contributed by atoms with Crippen LogP contribution in [0.3, 0.4) is 0 Å². The molecule has 0 bridgehead atoms. The summed E-state index contributed by atoms with van der Waals surface area (Å²) in [6, 6.07) is 10.2. The van der Waals surface area contributed by atoms with E-state index in [1.54, 1.807) is 24.5 Å². The summed E-state index contributed by atoms with van der Waals surface area (Å²) in [6.45, 7) is 2.54. The molecule has 0 N–H and O–H groups in total. The van der Waals surface area contributed by atoms with Crippen molar-refractivity contribution in [3.63, 3.8) is 0 Å². The zero-order chi connectivity index (χ0) is 12.1. The molecule has 0 fully saturated rings. The van der Waals surface area contributed by atoms with E-state index in [4.69, 9.17) is 4.74 Å². The van der Waals surface area contributed by atoms with Crippen LogP contribution in [-0.2, 0) is 4.74 Å². The molecule has 3 heteroatoms. The Hall–Kier alpha value is -1.74. The van der Waals surface area contributed by atoms with Crippen molar-refractivity contribution in [3.8, 4) is 0 Å². The molecule has 0 saturated carbocycles. The van der Waals surface area contributed by atoms with E-state index in [1.807, 2.05) is 19.1 Å². The highest BCUT2D eigenvalue weighted by molar-refractivity contribution is 5.28. The van der Waals surface area contributed by atoms with Gasteiger partial charge in [-0.25, -0.2) is 4.39 Å². The summed E-state index contributed by atoms with van der Waals surface area (Å²) in [7, 11) is 0. The van der Waals surface area contributed by atoms with E-state index in [9.17, 15) is 4.39 Å². The van der Waals surface area contributed by atoms with Crippen LogP contribution in [0.25, 0.3) is 0 Å². The number of hydrogen-bond acceptors (Lipinski definition) is 2. The molecule has 88 valence electrons. The summed E-state index contributed by atoms with van der Waals surface area (Å²) in [4.78, 5) is 3.98. The van der Waals surface area contributed by atoms with Gasteiger partial charge < -0.3 is 4.74 Å². The number of pyridine rings is 1. The van der Waals surface area contributed by atoms with Crippen LogP contribution in [0.4, 0.5) is 4.39 Å². The predicted octanol–water partition coefficient (Wildman–Crippen LogP) is 3.35. The Morgan fingerprint density at radius 1 is 1.06 bits per heavy atom. The molecule has 0 amide bonds. The monoisotopic (exact) mass is 231 g/mol. The standard InChI is InChI=1S/C14H14FNO/c1-2-17-14(12-7-9-16-10-8-12)11-3-5-13(15)6-4-11/h3-10,14H,2H2,1H3. The average molecular weight is 231 g/mol. The molecular weight excluding hydrogens is 217 g/mol. The lowest BCUT2D eigenvalue weighted by Crippen LogP contribution is -2.06. The van der Waals surface area contributed by atoms with E-state index < -0.39 is 0 Å². The maximum Gasteiger partial charge on any atom is 0.123 e. The van der Waals surface area contributed by atoms with Gasteiger partial charge in [-0.2, -0.15) is 0 Å². The van der Waals surface area contributed by atoms with Crippen LogP contribution in [0.2, 0.25) is 0 Å². The van der Waals surface area contributed by atoms with Gasteiger partial charge in [-0.1, -0.05) is 12.1 Å². The van der Waals surface area contributed by atoms with E-state index in [0.29, 0.717) is 6.61 Å². The molecule has 0 aliphatic heterocycles. The SMILES string of the molecule is CCOC(c1ccncc1)c1ccc(F)cc1. The lowest BCUT2D eigenvalue weighted by Gasteiger charge is -2.17. The predicted molar refractivity (Wildman–Crippen MR) is 64.1 cm³/mol. The van der Waals surface area contributed by atoms with Crippen molar-refractivity contribution in [1.82, 2.24) is 4.98 Å². The molecule has 1 aromatic carbocycles. The Balaban J connectivity index is 2.32. The summed E-state index contributed by atoms with van der Waals surface area (Å²) in [5.41, 5.74) is 1.97. The van der Waals surface area contributed by atoms with E-state index in [2.05, 4.69) is 4.98 Å². The minimum Gasteiger partial charge on any atom is -0.369 e. The number of ether oxygens (including phenoxy) is 1. The molecule has 2 rings (SSSR count). The van der Waals surface area contributed by atoms with Crippen LogP contribution in [0.5, 0.6) is 0 Å². The summed E-state index contributed by atoms with van der Waals surface area (Å²) in [5, 5.41) is 0. The van der Waals surface area contributed by atoms with Crippen molar-refractivity contribution >= 4 is 0 Å². The van der Waals surface area contributed by atoms with E-state index >= 15 is 0 Å². The van der Waals surface area contributed by atoms with Gasteiger partial charge in [0.2, 0.25) is 0 Å². The zero-order valence-electron chi connectivity index (χ0n) is 9.64. The Bertz CT molecular complexity index is 455. The van der Waals surface area contributed by atoms with Gasteiger partial charge in [0, 0.05) is 19.0 Å². The van der Waals surface area contributed by atoms with Crippen LogP contribution in [-0.4, -0.2) is 11.6 Å². The van der Waals surface area contributed by atoms with Crippen LogP contribution in [0.1, 0.15) is 24.2 Å². The summed E-state index contributed by atoms with van der Waals surface area (Å²) in [5.74, 6) is -0.237. The van der Waals surface area contributed by atoms with Crippen LogP contribution in [0, 0.1) is 5.82 Å². The Kier molecular flexibility index (Phi) is 3.83. The first-order valence-electron chi connectivity index (χ1n) is 5.58. The third-order valence-electron chi connectivity index (χ3n) is 2.51. The quantitative estimate of drug-likeness (QED) is 0.805. The van der Waals surface area contributed by atoms with Crippen molar-refractivity contribution < 1.29 is 9.13 Å². The van der Waals surface area contributed by atoms with Gasteiger partial charge in [0.15, 0.2) is 0 Å². The molecule has 1 aromatic heterocycles. The number of hydrogen-bond donors (Lipinski definition) is 0. The summed E-state index contributed by atoms with van der Waals surface area (Å²) < 4.78 is 18.6. The minimum atomic E-state index is -0.237. The average Bonchev–Trinajstić information content (AvgIpc) is 2.38. The van der Waals surface area contributed by atoms with Gasteiger partial charge in [0.05, 0.1) is 0 Å². The molecule has 0 saturated heterocycles. The molecular formula is C14H14FNO. The first kappa shape index (κ1) is 11.7. The smallest absolute Gasteiger partial charge is 0.123 e. The minimum absolute atomic E-state index is 0.163. The van der Waals surface area contributed by atoms with Gasteiger partial charge in [-0.05, 0) is 42.3 Å². The van der Waals surface area contributed by atoms with Gasteiger partial charge in [0.25, 0.3) is 0 Å². The van der Waals surface area contributed by atoms with Gasteiger partial charge >= 0.3 is 0 Å². The number of halogens is 1. The Morgan fingerprint density at radius 3 is 2.24 bits per heavy atom. The van der Waals surface area contributed by atoms with E-state index in [-0.39, 0.29) is 11.9 Å². The third kappa shape index (κ3) is 2.88. The fourth-order valence-corrected chi connectivity index (χ4v) is 1.73. The largest absolute Gasteiger partial charge is 0.369 e. The molecule has 0 radical (unpaired) electrons. The topological polar surface area (TPSA) is 22.1 Å². The molecule has 0 aliphatic rings. The lowest BCUT2D eigenvalue weighted by molar-refractivity contribution is 0.0912. The first-order chi connectivity index (χ1) is 8.31. The maximum absolute atomic E-state index is 12.9. The van der Waals surface area contributed by atoms with Crippen molar-refractivity contribution in [3.05, 3.63) is 65.7 Å². The number of nitrogens with zero attached hydrogens (tertiary/aromatic N) is 1. The first-order valence-corrected chi connectivity index (χ1v) is 5.58. The molecule has 1 heterocycles. The number of benzene rings is 1. The van der Waals surface area contributed by atoms with E-state index in [1.165, 1.54) is 12.1 Å². The number of aromatic nitrogens is 1. The molecule has 2 aromatic rings. The van der Waals surface area contributed by atoms with E-state index in [0.717, 1.165) is 11.1 Å². The van der Waals surface area contributed by atoms with Crippen molar-refractivity contribution in [2.75, 3.05) is 6.61 Å². The van der Waals surface area contributed by atoms with Crippen molar-refractivity contribution in [2.45, 2.75) is 13.0 Å². The molecule has 0 aliphatic carbocycles. The third-order valence-corrected chi connectivity index (χ3v) is 2.51. The molecule has 17 heavy (non-hydrogen) atoms. The second kappa shape index (κ2) is 5.55. The summed E-state index contributed by atoms with van der Waals surface area (Å²) in [6.07, 6.45) is 3.29. The second-order valence-corrected chi connectivity index (χ2v) is 3.67. The highest BCUT2D eigenvalue weighted by Gasteiger charge is 2.13. The molecule has 2 nitrogen and oxygen atoms in total. The van der Waals surface area contributed by atoms with Crippen LogP contribution < -0.4 is 0 Å². The fourth-order valence-electron chi connectivity index (χ4n) is 1.73. The van der Waals surface area contributed by atoms with Crippen LogP contribution >= 0.6 is 0 Å². The number of rotatable bonds is 4. The molecule has 1 atom stereocenters. The molecule has 1 unspecified atom stereocenters. The molecule has 0 spiro atoms. The van der Waals surface area contributed by atoms with Gasteiger partial charge in [0.1, 0.15) is 11.9 Å². The highest BCUT2D eigenvalue weighted by Crippen LogP contribution is 2.25. The normalized spacial score (nSPS) is 12.4. The highest BCUT2D eigenvalue weighted by atomic mass is 19.1. The maximum atomic E-state index is 12.9. The van der Waals surface area contributed by atoms with Crippen molar-refractivity contribution in [1.29, 1.82) is 0 Å². The summed E-state index contributed by atoms with van der Waals surface area (Å²) >= 11 is 0. The second-order valence-electron chi connectivity index (χ2n) is 3.67. The van der Waals surface area contributed by atoms with Gasteiger partial charge in [-0.3, -0.25) is 4.98 Å². The fraction of sp³-hybridized carbons (Fsp3) is 0.214. The zero-order valence-corrected chi connectivity index (χ0v) is 9.64. The Labute approximate surface area is 100 Å².